The molecule has 0 radical (unpaired) electrons. The van der Waals surface area contributed by atoms with Gasteiger partial charge in [-0.2, -0.15) is 0 Å². The van der Waals surface area contributed by atoms with Gasteiger partial charge < -0.3 is 9.84 Å². The molecule has 2 amide bonds. The second-order valence-electron chi connectivity index (χ2n) is 3.26. The van der Waals surface area contributed by atoms with Gasteiger partial charge in [-0.1, -0.05) is 5.16 Å². The zero-order valence-electron chi connectivity index (χ0n) is 8.10. The van der Waals surface area contributed by atoms with Crippen LogP contribution in [0.1, 0.15) is 17.0 Å². The van der Waals surface area contributed by atoms with Gasteiger partial charge in [0.2, 0.25) is 11.7 Å². The van der Waals surface area contributed by atoms with Gasteiger partial charge in [-0.3, -0.25) is 14.5 Å². The largest absolute Gasteiger partial charge is 0.351 e. The minimum Gasteiger partial charge on any atom is -0.351 e. The van der Waals surface area contributed by atoms with Gasteiger partial charge in [0.15, 0.2) is 0 Å². The van der Waals surface area contributed by atoms with Crippen molar-refractivity contribution in [3.8, 4) is 0 Å². The van der Waals surface area contributed by atoms with Gasteiger partial charge >= 0.3 is 0 Å². The van der Waals surface area contributed by atoms with E-state index in [-0.39, 0.29) is 18.2 Å². The Kier molecular flexibility index (Phi) is 2.77. The lowest BCUT2D eigenvalue weighted by atomic mass is 10.3. The average molecular weight is 209 g/mol. The summed E-state index contributed by atoms with van der Waals surface area (Å²) in [5, 5.41) is 6.37. The minimum absolute atomic E-state index is 0.102. The Morgan fingerprint density at radius 2 is 2.47 bits per heavy atom. The van der Waals surface area contributed by atoms with E-state index < -0.39 is 5.91 Å². The number of carbonyl (C=O) groups is 2. The normalized spacial score (nSPS) is 17.6. The van der Waals surface area contributed by atoms with Crippen LogP contribution in [-0.4, -0.2) is 41.5 Å². The van der Waals surface area contributed by atoms with Crippen molar-refractivity contribution in [3.63, 3.8) is 0 Å². The van der Waals surface area contributed by atoms with Crippen molar-refractivity contribution in [1.82, 2.24) is 15.4 Å². The van der Waals surface area contributed by atoms with Gasteiger partial charge in [-0.15, -0.1) is 0 Å². The molecule has 0 spiro atoms. The maximum atomic E-state index is 11.8. The van der Waals surface area contributed by atoms with Crippen LogP contribution in [0.4, 0.5) is 0 Å². The molecule has 6 nitrogen and oxygen atoms in total. The van der Waals surface area contributed by atoms with Gasteiger partial charge in [-0.05, 0) is 13.0 Å². The van der Waals surface area contributed by atoms with Crippen LogP contribution in [0.25, 0.3) is 0 Å². The van der Waals surface area contributed by atoms with Crippen molar-refractivity contribution >= 4 is 11.8 Å². The van der Waals surface area contributed by atoms with E-state index in [1.807, 2.05) is 0 Å². The highest BCUT2D eigenvalue weighted by atomic mass is 16.5. The van der Waals surface area contributed by atoms with E-state index in [0.29, 0.717) is 6.54 Å². The molecule has 2 rings (SSSR count). The second-order valence-corrected chi connectivity index (χ2v) is 3.26. The first-order chi connectivity index (χ1) is 7.29. The molecule has 1 aliphatic heterocycles. The first-order valence-corrected chi connectivity index (χ1v) is 4.75. The average Bonchev–Trinajstić information content (AvgIpc) is 2.68. The lowest BCUT2D eigenvalue weighted by Crippen LogP contribution is -2.39. The van der Waals surface area contributed by atoms with Gasteiger partial charge in [-0.25, -0.2) is 0 Å². The smallest absolute Gasteiger partial charge is 0.299 e. The third-order valence-electron chi connectivity index (χ3n) is 2.21. The summed E-state index contributed by atoms with van der Waals surface area (Å²) < 4.78 is 4.72. The summed E-state index contributed by atoms with van der Waals surface area (Å²) in [5.74, 6) is -0.541. The highest BCUT2D eigenvalue weighted by Gasteiger charge is 2.25. The lowest BCUT2D eigenvalue weighted by Gasteiger charge is -2.15. The maximum Gasteiger partial charge on any atom is 0.299 e. The quantitative estimate of drug-likeness (QED) is 0.639. The van der Waals surface area contributed by atoms with E-state index >= 15 is 0 Å². The van der Waals surface area contributed by atoms with Crippen molar-refractivity contribution in [2.45, 2.75) is 6.42 Å². The number of imide groups is 1. The van der Waals surface area contributed by atoms with E-state index in [4.69, 9.17) is 4.52 Å². The minimum atomic E-state index is -0.416. The van der Waals surface area contributed by atoms with E-state index in [0.717, 1.165) is 13.0 Å². The molecule has 0 aliphatic carbocycles. The zero-order valence-corrected chi connectivity index (χ0v) is 8.10. The number of hydrogen-bond donors (Lipinski definition) is 1. The van der Waals surface area contributed by atoms with Crippen molar-refractivity contribution < 1.29 is 14.1 Å². The Balaban J connectivity index is 2.14. The van der Waals surface area contributed by atoms with Crippen molar-refractivity contribution in [3.05, 3.63) is 18.0 Å². The fourth-order valence-corrected chi connectivity index (χ4v) is 1.45. The molecule has 0 atom stereocenters. The predicted molar refractivity (Wildman–Crippen MR) is 50.0 cm³/mol. The van der Waals surface area contributed by atoms with Gasteiger partial charge in [0, 0.05) is 12.6 Å². The molecule has 1 aromatic heterocycles. The standard InChI is InChI=1S/C9H11N3O3/c13-8-6-10-3-1-5-12(8)9(14)7-2-4-11-15-7/h2,4,10H,1,3,5-6H2. The fraction of sp³-hybridized carbons (Fsp3) is 0.444. The van der Waals surface area contributed by atoms with Gasteiger partial charge in [0.25, 0.3) is 5.91 Å². The summed E-state index contributed by atoms with van der Waals surface area (Å²) in [4.78, 5) is 24.5. The van der Waals surface area contributed by atoms with Crippen LogP contribution < -0.4 is 5.32 Å². The van der Waals surface area contributed by atoms with Crippen LogP contribution in [0.2, 0.25) is 0 Å². The highest BCUT2D eigenvalue weighted by molar-refractivity contribution is 6.03. The van der Waals surface area contributed by atoms with Crippen LogP contribution in [0, 0.1) is 0 Å². The van der Waals surface area contributed by atoms with Crippen molar-refractivity contribution in [2.75, 3.05) is 19.6 Å². The number of nitrogens with zero attached hydrogens (tertiary/aromatic N) is 2. The van der Waals surface area contributed by atoms with Crippen LogP contribution in [0.5, 0.6) is 0 Å². The maximum absolute atomic E-state index is 11.8. The van der Waals surface area contributed by atoms with Crippen molar-refractivity contribution in [2.24, 2.45) is 0 Å². The zero-order chi connectivity index (χ0) is 10.7. The molecule has 0 bridgehead atoms. The van der Waals surface area contributed by atoms with E-state index in [1.54, 1.807) is 0 Å². The Labute approximate surface area is 86.2 Å². The van der Waals surface area contributed by atoms with E-state index in [1.165, 1.54) is 17.2 Å². The Morgan fingerprint density at radius 1 is 1.60 bits per heavy atom. The number of carbonyl (C=O) groups excluding carboxylic acids is 2. The summed E-state index contributed by atoms with van der Waals surface area (Å²) >= 11 is 0. The van der Waals surface area contributed by atoms with E-state index in [9.17, 15) is 9.59 Å². The van der Waals surface area contributed by atoms with Gasteiger partial charge in [0.1, 0.15) is 0 Å². The van der Waals surface area contributed by atoms with Crippen molar-refractivity contribution in [1.29, 1.82) is 0 Å². The third-order valence-corrected chi connectivity index (χ3v) is 2.21. The number of aromatic nitrogens is 1. The molecule has 1 aromatic rings. The van der Waals surface area contributed by atoms with Crippen LogP contribution >= 0.6 is 0 Å². The molecular formula is C9H11N3O3. The first kappa shape index (κ1) is 9.85. The summed E-state index contributed by atoms with van der Waals surface area (Å²) in [6, 6.07) is 1.45. The lowest BCUT2D eigenvalue weighted by molar-refractivity contribution is -0.127. The highest BCUT2D eigenvalue weighted by Crippen LogP contribution is 2.06. The molecule has 1 N–H and O–H groups in total. The molecule has 0 saturated carbocycles. The van der Waals surface area contributed by atoms with Crippen LogP contribution in [-0.2, 0) is 4.79 Å². The van der Waals surface area contributed by atoms with Gasteiger partial charge in [0.05, 0.1) is 12.7 Å². The predicted octanol–water partition coefficient (Wildman–Crippen LogP) is -0.363. The molecule has 6 heteroatoms. The molecule has 1 saturated heterocycles. The molecule has 1 fully saturated rings. The number of rotatable bonds is 1. The van der Waals surface area contributed by atoms with E-state index in [2.05, 4.69) is 10.5 Å². The Hall–Kier alpha value is -1.69. The fourth-order valence-electron chi connectivity index (χ4n) is 1.45. The monoisotopic (exact) mass is 209 g/mol. The SMILES string of the molecule is O=C1CNCCCN1C(=O)c1ccno1. The molecule has 2 heterocycles. The Bertz CT molecular complexity index is 361. The molecule has 80 valence electrons. The number of nitrogens with one attached hydrogen (secondary N) is 1. The molecular weight excluding hydrogens is 198 g/mol. The topological polar surface area (TPSA) is 75.4 Å². The molecule has 15 heavy (non-hydrogen) atoms. The summed E-state index contributed by atoms with van der Waals surface area (Å²) in [6.07, 6.45) is 2.14. The Morgan fingerprint density at radius 3 is 3.20 bits per heavy atom. The molecule has 1 aliphatic rings. The third kappa shape index (κ3) is 2.04. The summed E-state index contributed by atoms with van der Waals surface area (Å²) in [7, 11) is 0. The molecule has 0 unspecified atom stereocenters. The number of amides is 2. The molecule has 0 aromatic carbocycles. The summed E-state index contributed by atoms with van der Waals surface area (Å²) in [5.41, 5.74) is 0. The first-order valence-electron chi connectivity index (χ1n) is 4.75. The van der Waals surface area contributed by atoms with Crippen LogP contribution in [0.3, 0.4) is 0 Å². The number of hydrogen-bond acceptors (Lipinski definition) is 5. The van der Waals surface area contributed by atoms with Crippen LogP contribution in [0.15, 0.2) is 16.8 Å². The second kappa shape index (κ2) is 4.22. The summed E-state index contributed by atoms with van der Waals surface area (Å²) in [6.45, 7) is 1.36.